The number of hydrogen-bond donors (Lipinski definition) is 0. The molecule has 102 valence electrons. The summed E-state index contributed by atoms with van der Waals surface area (Å²) in [4.78, 5) is 24.3. The van der Waals surface area contributed by atoms with E-state index in [1.165, 1.54) is 6.07 Å². The third-order valence-electron chi connectivity index (χ3n) is 3.12. The molecule has 0 aromatic heterocycles. The van der Waals surface area contributed by atoms with Crippen LogP contribution in [0.25, 0.3) is 0 Å². The van der Waals surface area contributed by atoms with Gasteiger partial charge in [-0.05, 0) is 6.92 Å². The summed E-state index contributed by atoms with van der Waals surface area (Å²) >= 11 is 0. The molecule has 0 spiro atoms. The summed E-state index contributed by atoms with van der Waals surface area (Å²) in [7, 11) is 0. The van der Waals surface area contributed by atoms with Gasteiger partial charge in [-0.15, -0.1) is 0 Å². The second-order valence-electron chi connectivity index (χ2n) is 4.58. The molecule has 1 unspecified atom stereocenters. The topological polar surface area (TPSA) is 72.7 Å². The number of ether oxygens (including phenoxy) is 1. The van der Waals surface area contributed by atoms with Crippen LogP contribution in [0.3, 0.4) is 0 Å². The Morgan fingerprint density at radius 1 is 1.53 bits per heavy atom. The number of nitro benzene ring substituents is 1. The van der Waals surface area contributed by atoms with Crippen LogP contribution in [0.4, 0.5) is 5.69 Å². The first kappa shape index (κ1) is 13.5. The second kappa shape index (κ2) is 5.79. The van der Waals surface area contributed by atoms with Crippen LogP contribution in [0.5, 0.6) is 0 Å². The van der Waals surface area contributed by atoms with E-state index in [4.69, 9.17) is 4.74 Å². The van der Waals surface area contributed by atoms with E-state index in [-0.39, 0.29) is 24.1 Å². The number of morpholine rings is 1. The smallest absolute Gasteiger partial charge is 0.273 e. The molecule has 1 aliphatic heterocycles. The van der Waals surface area contributed by atoms with Gasteiger partial charge in [0.1, 0.15) is 0 Å². The summed E-state index contributed by atoms with van der Waals surface area (Å²) < 4.78 is 5.37. The number of benzene rings is 1. The van der Waals surface area contributed by atoms with Crippen LogP contribution in [0.15, 0.2) is 24.3 Å². The fourth-order valence-electron chi connectivity index (χ4n) is 2.16. The SMILES string of the molecule is CC1CN(C(=O)Cc2ccccc2[N+](=O)[O-])CCO1. The molecule has 0 aliphatic carbocycles. The Labute approximate surface area is 111 Å². The predicted molar refractivity (Wildman–Crippen MR) is 68.8 cm³/mol. The molecular weight excluding hydrogens is 248 g/mol. The summed E-state index contributed by atoms with van der Waals surface area (Å²) in [6.07, 6.45) is 0.0765. The number of carbonyl (C=O) groups excluding carboxylic acids is 1. The standard InChI is InChI=1S/C13H16N2O4/c1-10-9-14(6-7-19-10)13(16)8-11-4-2-3-5-12(11)15(17)18/h2-5,10H,6-9H2,1H3. The average Bonchev–Trinajstić information content (AvgIpc) is 2.39. The summed E-state index contributed by atoms with van der Waals surface area (Å²) in [5, 5.41) is 10.9. The number of nitro groups is 1. The third kappa shape index (κ3) is 3.29. The summed E-state index contributed by atoms with van der Waals surface area (Å²) in [5.74, 6) is -0.0931. The fourth-order valence-corrected chi connectivity index (χ4v) is 2.16. The maximum absolute atomic E-state index is 12.1. The van der Waals surface area contributed by atoms with Crippen LogP contribution >= 0.6 is 0 Å². The van der Waals surface area contributed by atoms with Crippen LogP contribution in [0.1, 0.15) is 12.5 Å². The van der Waals surface area contributed by atoms with Crippen LogP contribution in [-0.4, -0.2) is 41.5 Å². The van der Waals surface area contributed by atoms with Gasteiger partial charge < -0.3 is 9.64 Å². The Morgan fingerprint density at radius 3 is 2.95 bits per heavy atom. The van der Waals surface area contributed by atoms with Gasteiger partial charge in [0.15, 0.2) is 0 Å². The number of carbonyl (C=O) groups is 1. The van der Waals surface area contributed by atoms with E-state index in [1.54, 1.807) is 23.1 Å². The minimum Gasteiger partial charge on any atom is -0.375 e. The summed E-state index contributed by atoms with van der Waals surface area (Å²) in [6.45, 7) is 3.51. The van der Waals surface area contributed by atoms with Crippen molar-refractivity contribution in [2.75, 3.05) is 19.7 Å². The minimum absolute atomic E-state index is 0.00263. The zero-order valence-electron chi connectivity index (χ0n) is 10.7. The van der Waals surface area contributed by atoms with E-state index in [9.17, 15) is 14.9 Å². The normalized spacial score (nSPS) is 19.2. The molecule has 19 heavy (non-hydrogen) atoms. The van der Waals surface area contributed by atoms with E-state index in [2.05, 4.69) is 0 Å². The zero-order chi connectivity index (χ0) is 13.8. The van der Waals surface area contributed by atoms with Crippen molar-refractivity contribution in [2.45, 2.75) is 19.4 Å². The highest BCUT2D eigenvalue weighted by molar-refractivity contribution is 5.80. The Morgan fingerprint density at radius 2 is 2.26 bits per heavy atom. The van der Waals surface area contributed by atoms with Crippen LogP contribution in [-0.2, 0) is 16.0 Å². The van der Waals surface area contributed by atoms with E-state index in [0.717, 1.165) is 0 Å². The molecule has 6 nitrogen and oxygen atoms in total. The number of nitrogens with zero attached hydrogens (tertiary/aromatic N) is 2. The zero-order valence-corrected chi connectivity index (χ0v) is 10.7. The van der Waals surface area contributed by atoms with Crippen molar-refractivity contribution < 1.29 is 14.5 Å². The van der Waals surface area contributed by atoms with Crippen molar-refractivity contribution in [3.63, 3.8) is 0 Å². The monoisotopic (exact) mass is 264 g/mol. The lowest BCUT2D eigenvalue weighted by Gasteiger charge is -2.31. The fraction of sp³-hybridized carbons (Fsp3) is 0.462. The average molecular weight is 264 g/mol. The summed E-state index contributed by atoms with van der Waals surface area (Å²) in [6, 6.07) is 6.35. The highest BCUT2D eigenvalue weighted by atomic mass is 16.6. The van der Waals surface area contributed by atoms with Crippen molar-refractivity contribution in [1.82, 2.24) is 4.90 Å². The van der Waals surface area contributed by atoms with E-state index < -0.39 is 4.92 Å². The number of amides is 1. The Kier molecular flexibility index (Phi) is 4.11. The molecule has 6 heteroatoms. The molecule has 1 saturated heterocycles. The van der Waals surface area contributed by atoms with Crippen molar-refractivity contribution >= 4 is 11.6 Å². The maximum Gasteiger partial charge on any atom is 0.273 e. The van der Waals surface area contributed by atoms with E-state index >= 15 is 0 Å². The van der Waals surface area contributed by atoms with Gasteiger partial charge in [-0.25, -0.2) is 0 Å². The molecule has 0 N–H and O–H groups in total. The number of rotatable bonds is 3. The van der Waals surface area contributed by atoms with Crippen molar-refractivity contribution in [3.05, 3.63) is 39.9 Å². The highest BCUT2D eigenvalue weighted by Crippen LogP contribution is 2.19. The quantitative estimate of drug-likeness (QED) is 0.610. The van der Waals surface area contributed by atoms with Gasteiger partial charge in [0.25, 0.3) is 5.69 Å². The Bertz CT molecular complexity index is 489. The molecule has 1 fully saturated rings. The third-order valence-corrected chi connectivity index (χ3v) is 3.12. The predicted octanol–water partition coefficient (Wildman–Crippen LogP) is 1.38. The molecule has 1 aromatic rings. The lowest BCUT2D eigenvalue weighted by Crippen LogP contribution is -2.45. The van der Waals surface area contributed by atoms with Gasteiger partial charge in [-0.1, -0.05) is 18.2 Å². The minimum atomic E-state index is -0.454. The van der Waals surface area contributed by atoms with Gasteiger partial charge in [0.05, 0.1) is 24.1 Å². The molecule has 1 atom stereocenters. The summed E-state index contributed by atoms with van der Waals surface area (Å²) in [5.41, 5.74) is 0.453. The second-order valence-corrected chi connectivity index (χ2v) is 4.58. The van der Waals surface area contributed by atoms with E-state index in [1.807, 2.05) is 6.92 Å². The van der Waals surface area contributed by atoms with Crippen LogP contribution in [0, 0.1) is 10.1 Å². The largest absolute Gasteiger partial charge is 0.375 e. The highest BCUT2D eigenvalue weighted by Gasteiger charge is 2.23. The molecular formula is C13H16N2O4. The Hall–Kier alpha value is -1.95. The molecule has 0 saturated carbocycles. The van der Waals surface area contributed by atoms with Crippen LogP contribution < -0.4 is 0 Å². The van der Waals surface area contributed by atoms with Gasteiger partial charge in [-0.2, -0.15) is 0 Å². The van der Waals surface area contributed by atoms with Gasteiger partial charge in [0.2, 0.25) is 5.91 Å². The molecule has 1 amide bonds. The first-order valence-corrected chi connectivity index (χ1v) is 6.19. The lowest BCUT2D eigenvalue weighted by molar-refractivity contribution is -0.385. The van der Waals surface area contributed by atoms with Crippen LogP contribution in [0.2, 0.25) is 0 Å². The molecule has 2 rings (SSSR count). The first-order valence-electron chi connectivity index (χ1n) is 6.19. The van der Waals surface area contributed by atoms with Crippen molar-refractivity contribution in [2.24, 2.45) is 0 Å². The number of para-hydroxylation sites is 1. The van der Waals surface area contributed by atoms with Gasteiger partial charge in [-0.3, -0.25) is 14.9 Å². The van der Waals surface area contributed by atoms with Gasteiger partial charge in [0, 0.05) is 24.7 Å². The molecule has 1 aliphatic rings. The van der Waals surface area contributed by atoms with E-state index in [0.29, 0.717) is 25.3 Å². The van der Waals surface area contributed by atoms with Crippen molar-refractivity contribution in [1.29, 1.82) is 0 Å². The molecule has 1 heterocycles. The molecule has 1 aromatic carbocycles. The molecule has 0 bridgehead atoms. The Balaban J connectivity index is 2.08. The maximum atomic E-state index is 12.1. The first-order chi connectivity index (χ1) is 9.08. The van der Waals surface area contributed by atoms with Crippen molar-refractivity contribution in [3.8, 4) is 0 Å². The molecule has 0 radical (unpaired) electrons. The van der Waals surface area contributed by atoms with Gasteiger partial charge >= 0.3 is 0 Å². The number of hydrogen-bond acceptors (Lipinski definition) is 4. The lowest BCUT2D eigenvalue weighted by atomic mass is 10.1.